The fourth-order valence-electron chi connectivity index (χ4n) is 2.49. The summed E-state index contributed by atoms with van der Waals surface area (Å²) in [4.78, 5) is 12.6. The van der Waals surface area contributed by atoms with E-state index in [2.05, 4.69) is 10.2 Å². The van der Waals surface area contributed by atoms with E-state index in [9.17, 15) is 14.5 Å². The number of nitro benzene ring substituents is 1. The molecule has 7 heteroatoms. The molecule has 0 spiro atoms. The van der Waals surface area contributed by atoms with Gasteiger partial charge >= 0.3 is 0 Å². The average molecular weight is 317 g/mol. The smallest absolute Gasteiger partial charge is 0.295 e. The lowest BCUT2D eigenvalue weighted by molar-refractivity contribution is -0.384. The van der Waals surface area contributed by atoms with Gasteiger partial charge in [0.15, 0.2) is 0 Å². The highest BCUT2D eigenvalue weighted by Gasteiger charge is 2.15. The summed E-state index contributed by atoms with van der Waals surface area (Å²) in [5.74, 6) is -0.634. The molecule has 120 valence electrons. The van der Waals surface area contributed by atoms with Gasteiger partial charge in [-0.1, -0.05) is 0 Å². The van der Waals surface area contributed by atoms with Crippen molar-refractivity contribution in [3.05, 3.63) is 58.4 Å². The Labute approximate surface area is 132 Å². The van der Waals surface area contributed by atoms with Gasteiger partial charge in [0.05, 0.1) is 24.2 Å². The predicted octanol–water partition coefficient (Wildman–Crippen LogP) is 3.31. The molecule has 1 aliphatic rings. The first kappa shape index (κ1) is 15.2. The van der Waals surface area contributed by atoms with Crippen molar-refractivity contribution in [2.75, 3.05) is 36.5 Å². The maximum Gasteiger partial charge on any atom is 0.295 e. The standard InChI is InChI=1S/C16H16FN3O3/c17-12-1-6-15(16(11-12)20(21)22)18-13-2-4-14(5-3-13)19-7-9-23-10-8-19/h1-6,11,18H,7-10H2. The number of morpholine rings is 1. The van der Waals surface area contributed by atoms with Gasteiger partial charge in [0.1, 0.15) is 11.5 Å². The molecule has 0 amide bonds. The van der Waals surface area contributed by atoms with E-state index in [4.69, 9.17) is 4.74 Å². The Morgan fingerprint density at radius 2 is 1.83 bits per heavy atom. The topological polar surface area (TPSA) is 67.6 Å². The molecule has 0 bridgehead atoms. The monoisotopic (exact) mass is 317 g/mol. The molecule has 0 aliphatic carbocycles. The second-order valence-electron chi connectivity index (χ2n) is 5.19. The van der Waals surface area contributed by atoms with E-state index in [1.807, 2.05) is 24.3 Å². The summed E-state index contributed by atoms with van der Waals surface area (Å²) >= 11 is 0. The van der Waals surface area contributed by atoms with Crippen molar-refractivity contribution in [3.63, 3.8) is 0 Å². The van der Waals surface area contributed by atoms with E-state index in [-0.39, 0.29) is 11.4 Å². The number of hydrogen-bond acceptors (Lipinski definition) is 5. The molecule has 3 rings (SSSR count). The van der Waals surface area contributed by atoms with Gasteiger partial charge in [-0.25, -0.2) is 4.39 Å². The van der Waals surface area contributed by atoms with Crippen LogP contribution in [0.4, 0.5) is 27.1 Å². The van der Waals surface area contributed by atoms with Crippen molar-refractivity contribution < 1.29 is 14.1 Å². The van der Waals surface area contributed by atoms with Crippen LogP contribution >= 0.6 is 0 Å². The molecule has 23 heavy (non-hydrogen) atoms. The van der Waals surface area contributed by atoms with Crippen LogP contribution in [-0.2, 0) is 4.74 Å². The molecule has 1 heterocycles. The first-order valence-corrected chi connectivity index (χ1v) is 7.27. The van der Waals surface area contributed by atoms with E-state index in [0.29, 0.717) is 18.9 Å². The van der Waals surface area contributed by atoms with Crippen LogP contribution in [0, 0.1) is 15.9 Å². The van der Waals surface area contributed by atoms with E-state index >= 15 is 0 Å². The number of nitrogens with one attached hydrogen (secondary N) is 1. The number of halogens is 1. The number of benzene rings is 2. The van der Waals surface area contributed by atoms with Crippen molar-refractivity contribution in [2.45, 2.75) is 0 Å². The third kappa shape index (κ3) is 3.57. The Kier molecular flexibility index (Phi) is 4.38. The van der Waals surface area contributed by atoms with Crippen LogP contribution in [0.1, 0.15) is 0 Å². The second kappa shape index (κ2) is 6.62. The maximum atomic E-state index is 13.2. The molecule has 1 saturated heterocycles. The van der Waals surface area contributed by atoms with E-state index in [1.54, 1.807) is 0 Å². The lowest BCUT2D eigenvalue weighted by Gasteiger charge is -2.28. The van der Waals surface area contributed by atoms with Crippen molar-refractivity contribution >= 4 is 22.7 Å². The molecule has 2 aromatic carbocycles. The van der Waals surface area contributed by atoms with Crippen LogP contribution < -0.4 is 10.2 Å². The summed E-state index contributed by atoms with van der Waals surface area (Å²) in [7, 11) is 0. The molecule has 6 nitrogen and oxygen atoms in total. The van der Waals surface area contributed by atoms with Gasteiger partial charge in [-0.15, -0.1) is 0 Å². The summed E-state index contributed by atoms with van der Waals surface area (Å²) in [6, 6.07) is 11.0. The van der Waals surface area contributed by atoms with Crippen LogP contribution in [0.3, 0.4) is 0 Å². The normalized spacial score (nSPS) is 14.6. The number of ether oxygens (including phenoxy) is 1. The fraction of sp³-hybridized carbons (Fsp3) is 0.250. The minimum Gasteiger partial charge on any atom is -0.378 e. The summed E-state index contributed by atoms with van der Waals surface area (Å²) < 4.78 is 18.5. The zero-order chi connectivity index (χ0) is 16.2. The molecule has 0 atom stereocenters. The van der Waals surface area contributed by atoms with Crippen molar-refractivity contribution in [3.8, 4) is 0 Å². The Hall–Kier alpha value is -2.67. The number of nitro groups is 1. The first-order valence-electron chi connectivity index (χ1n) is 7.27. The van der Waals surface area contributed by atoms with E-state index in [1.165, 1.54) is 12.1 Å². The van der Waals surface area contributed by atoms with Gasteiger partial charge in [-0.2, -0.15) is 0 Å². The number of anilines is 3. The van der Waals surface area contributed by atoms with Crippen LogP contribution in [0.15, 0.2) is 42.5 Å². The average Bonchev–Trinajstić information content (AvgIpc) is 2.58. The molecule has 1 N–H and O–H groups in total. The van der Waals surface area contributed by atoms with E-state index < -0.39 is 10.7 Å². The van der Waals surface area contributed by atoms with E-state index in [0.717, 1.165) is 24.8 Å². The van der Waals surface area contributed by atoms with Crippen LogP contribution in [0.2, 0.25) is 0 Å². The van der Waals surface area contributed by atoms with Gasteiger partial charge in [-0.3, -0.25) is 10.1 Å². The first-order chi connectivity index (χ1) is 11.1. The van der Waals surface area contributed by atoms with Crippen molar-refractivity contribution in [2.24, 2.45) is 0 Å². The summed E-state index contributed by atoms with van der Waals surface area (Å²) in [5, 5.41) is 14.0. The highest BCUT2D eigenvalue weighted by atomic mass is 19.1. The summed E-state index contributed by atoms with van der Waals surface area (Å²) in [6.45, 7) is 3.11. The minimum absolute atomic E-state index is 0.260. The third-order valence-corrected chi connectivity index (χ3v) is 3.68. The highest BCUT2D eigenvalue weighted by Crippen LogP contribution is 2.29. The predicted molar refractivity (Wildman–Crippen MR) is 85.8 cm³/mol. The molecule has 2 aromatic rings. The number of rotatable bonds is 4. The number of nitrogens with zero attached hydrogens (tertiary/aromatic N) is 2. The Morgan fingerprint density at radius 1 is 1.13 bits per heavy atom. The molecule has 1 fully saturated rings. The molecule has 0 saturated carbocycles. The summed E-state index contributed by atoms with van der Waals surface area (Å²) in [6.07, 6.45) is 0. The van der Waals surface area contributed by atoms with Crippen LogP contribution in [0.5, 0.6) is 0 Å². The molecule has 1 aliphatic heterocycles. The highest BCUT2D eigenvalue weighted by molar-refractivity contribution is 5.70. The van der Waals surface area contributed by atoms with Gasteiger partial charge in [0.2, 0.25) is 0 Å². The molecular formula is C16H16FN3O3. The van der Waals surface area contributed by atoms with Gasteiger partial charge in [0.25, 0.3) is 5.69 Å². The molecule has 0 aromatic heterocycles. The van der Waals surface area contributed by atoms with Crippen molar-refractivity contribution in [1.29, 1.82) is 0 Å². The quantitative estimate of drug-likeness (QED) is 0.692. The molecular weight excluding hydrogens is 301 g/mol. The van der Waals surface area contributed by atoms with Gasteiger partial charge in [-0.05, 0) is 36.4 Å². The zero-order valence-corrected chi connectivity index (χ0v) is 12.4. The molecule has 0 unspecified atom stereocenters. The Balaban J connectivity index is 1.77. The second-order valence-corrected chi connectivity index (χ2v) is 5.19. The summed E-state index contributed by atoms with van der Waals surface area (Å²) in [5.41, 5.74) is 1.75. The van der Waals surface area contributed by atoms with Crippen LogP contribution in [0.25, 0.3) is 0 Å². The minimum atomic E-state index is -0.634. The lowest BCUT2D eigenvalue weighted by atomic mass is 10.2. The number of hydrogen-bond donors (Lipinski definition) is 1. The Bertz CT molecular complexity index is 700. The van der Waals surface area contributed by atoms with Crippen molar-refractivity contribution in [1.82, 2.24) is 0 Å². The molecule has 0 radical (unpaired) electrons. The Morgan fingerprint density at radius 3 is 2.48 bits per heavy atom. The SMILES string of the molecule is O=[N+]([O-])c1cc(F)ccc1Nc1ccc(N2CCOCC2)cc1. The third-order valence-electron chi connectivity index (χ3n) is 3.68. The lowest BCUT2D eigenvalue weighted by Crippen LogP contribution is -2.36. The van der Waals surface area contributed by atoms with Gasteiger partial charge in [0, 0.05) is 24.5 Å². The van der Waals surface area contributed by atoms with Gasteiger partial charge < -0.3 is 15.0 Å². The van der Waals surface area contributed by atoms with Crippen LogP contribution in [-0.4, -0.2) is 31.2 Å². The zero-order valence-electron chi connectivity index (χ0n) is 12.4. The maximum absolute atomic E-state index is 13.2. The fourth-order valence-corrected chi connectivity index (χ4v) is 2.49. The largest absolute Gasteiger partial charge is 0.378 e.